The summed E-state index contributed by atoms with van der Waals surface area (Å²) in [5.74, 6) is 0.773. The third-order valence-corrected chi connectivity index (χ3v) is 7.55. The summed E-state index contributed by atoms with van der Waals surface area (Å²) >= 11 is 7.89. The maximum absolute atomic E-state index is 13.3. The predicted molar refractivity (Wildman–Crippen MR) is 143 cm³/mol. The van der Waals surface area contributed by atoms with Gasteiger partial charge in [-0.05, 0) is 111 Å². The molecule has 1 amide bonds. The van der Waals surface area contributed by atoms with E-state index in [1.54, 1.807) is 11.0 Å². The standard InChI is InChI=1S/C25H29IN4O2S/c1-17-21(12-9-19(15-27)22(17)26)30-23(31)25(2,3)29(24(30)33)13-6-14-32-20-10-7-18(8-11-20)16-28(4)5/h7-12H,6,13-14,16H2,1-5H3. The maximum atomic E-state index is 13.3. The number of hydrogen-bond donors (Lipinski definition) is 0. The Hall–Kier alpha value is -2.22. The molecule has 1 fully saturated rings. The van der Waals surface area contributed by atoms with E-state index in [4.69, 9.17) is 17.0 Å². The van der Waals surface area contributed by atoms with E-state index in [2.05, 4.69) is 45.7 Å². The Kier molecular flexibility index (Phi) is 7.98. The minimum atomic E-state index is -0.753. The minimum absolute atomic E-state index is 0.0616. The van der Waals surface area contributed by atoms with Crippen molar-refractivity contribution in [3.05, 3.63) is 56.7 Å². The minimum Gasteiger partial charge on any atom is -0.494 e. The monoisotopic (exact) mass is 576 g/mol. The van der Waals surface area contributed by atoms with Crippen molar-refractivity contribution in [3.63, 3.8) is 0 Å². The molecule has 3 rings (SSSR count). The van der Waals surface area contributed by atoms with Gasteiger partial charge in [0, 0.05) is 16.7 Å². The van der Waals surface area contributed by atoms with Crippen molar-refractivity contribution in [1.29, 1.82) is 5.26 Å². The lowest BCUT2D eigenvalue weighted by atomic mass is 10.0. The summed E-state index contributed by atoms with van der Waals surface area (Å²) in [6, 6.07) is 13.9. The number of hydrogen-bond acceptors (Lipinski definition) is 5. The fraction of sp³-hybridized carbons (Fsp3) is 0.400. The van der Waals surface area contributed by atoms with Crippen LogP contribution in [0.25, 0.3) is 0 Å². The van der Waals surface area contributed by atoms with E-state index in [-0.39, 0.29) is 5.91 Å². The summed E-state index contributed by atoms with van der Waals surface area (Å²) in [5, 5.41) is 9.78. The Bertz CT molecular complexity index is 1090. The van der Waals surface area contributed by atoms with Crippen molar-refractivity contribution >= 4 is 51.5 Å². The first-order chi connectivity index (χ1) is 15.6. The van der Waals surface area contributed by atoms with Gasteiger partial charge in [-0.2, -0.15) is 5.26 Å². The average molecular weight is 577 g/mol. The lowest BCUT2D eigenvalue weighted by molar-refractivity contribution is -0.123. The van der Waals surface area contributed by atoms with Gasteiger partial charge in [0.1, 0.15) is 17.4 Å². The maximum Gasteiger partial charge on any atom is 0.258 e. The number of anilines is 1. The average Bonchev–Trinajstić information content (AvgIpc) is 2.93. The second-order valence-electron chi connectivity index (χ2n) is 8.90. The number of nitriles is 1. The number of amides is 1. The van der Waals surface area contributed by atoms with Crippen LogP contribution in [0, 0.1) is 21.8 Å². The zero-order chi connectivity index (χ0) is 24.3. The van der Waals surface area contributed by atoms with Crippen LogP contribution < -0.4 is 9.64 Å². The molecule has 2 aromatic carbocycles. The van der Waals surface area contributed by atoms with Gasteiger partial charge in [0.2, 0.25) is 0 Å². The largest absolute Gasteiger partial charge is 0.494 e. The second-order valence-corrected chi connectivity index (χ2v) is 10.3. The van der Waals surface area contributed by atoms with Crippen LogP contribution >= 0.6 is 34.8 Å². The Balaban J connectivity index is 1.66. The zero-order valence-corrected chi connectivity index (χ0v) is 22.7. The second kappa shape index (κ2) is 10.4. The fourth-order valence-electron chi connectivity index (χ4n) is 3.90. The van der Waals surface area contributed by atoms with E-state index in [0.29, 0.717) is 23.8 Å². The molecular formula is C25H29IN4O2S. The highest BCUT2D eigenvalue weighted by Gasteiger charge is 2.49. The number of halogens is 1. The van der Waals surface area contributed by atoms with Gasteiger partial charge < -0.3 is 14.5 Å². The SMILES string of the molecule is Cc1c(N2C(=O)C(C)(C)N(CCCOc3ccc(CN(C)C)cc3)C2=S)ccc(C#N)c1I. The molecule has 2 aromatic rings. The first-order valence-corrected chi connectivity index (χ1v) is 12.3. The van der Waals surface area contributed by atoms with Gasteiger partial charge in [0.05, 0.1) is 17.9 Å². The number of nitrogens with zero attached hydrogens (tertiary/aromatic N) is 4. The molecule has 0 spiro atoms. The molecule has 174 valence electrons. The van der Waals surface area contributed by atoms with Crippen LogP contribution in [0.4, 0.5) is 5.69 Å². The molecule has 0 bridgehead atoms. The number of ether oxygens (including phenoxy) is 1. The van der Waals surface area contributed by atoms with E-state index >= 15 is 0 Å². The molecule has 8 heteroatoms. The molecule has 0 aliphatic carbocycles. The van der Waals surface area contributed by atoms with Gasteiger partial charge in [-0.25, -0.2) is 0 Å². The van der Waals surface area contributed by atoms with Crippen LogP contribution in [0.2, 0.25) is 0 Å². The van der Waals surface area contributed by atoms with E-state index < -0.39 is 5.54 Å². The lowest BCUT2D eigenvalue weighted by Gasteiger charge is -2.29. The molecule has 1 saturated heterocycles. The molecule has 0 atom stereocenters. The third-order valence-electron chi connectivity index (χ3n) is 5.76. The quantitative estimate of drug-likeness (QED) is 0.258. The van der Waals surface area contributed by atoms with Gasteiger partial charge in [0.25, 0.3) is 5.91 Å². The summed E-state index contributed by atoms with van der Waals surface area (Å²) in [4.78, 5) is 19.0. The molecule has 1 aliphatic rings. The van der Waals surface area contributed by atoms with Crippen molar-refractivity contribution in [2.75, 3.05) is 32.1 Å². The molecule has 0 saturated carbocycles. The Morgan fingerprint density at radius 1 is 1.18 bits per heavy atom. The van der Waals surface area contributed by atoms with Crippen LogP contribution in [-0.4, -0.2) is 53.6 Å². The van der Waals surface area contributed by atoms with Gasteiger partial charge in [-0.1, -0.05) is 12.1 Å². The van der Waals surface area contributed by atoms with E-state index in [1.165, 1.54) is 5.56 Å². The van der Waals surface area contributed by atoms with Crippen LogP contribution in [0.3, 0.4) is 0 Å². The Morgan fingerprint density at radius 2 is 1.85 bits per heavy atom. The van der Waals surface area contributed by atoms with Crippen LogP contribution in [0.1, 0.15) is 37.0 Å². The van der Waals surface area contributed by atoms with E-state index in [9.17, 15) is 10.1 Å². The summed E-state index contributed by atoms with van der Waals surface area (Å²) in [7, 11) is 4.09. The van der Waals surface area contributed by atoms with Crippen molar-refractivity contribution < 1.29 is 9.53 Å². The van der Waals surface area contributed by atoms with E-state index in [0.717, 1.165) is 33.5 Å². The Morgan fingerprint density at radius 3 is 2.45 bits per heavy atom. The summed E-state index contributed by atoms with van der Waals surface area (Å²) < 4.78 is 6.75. The molecule has 33 heavy (non-hydrogen) atoms. The van der Waals surface area contributed by atoms with Crippen LogP contribution in [0.5, 0.6) is 5.75 Å². The van der Waals surface area contributed by atoms with Gasteiger partial charge in [-0.15, -0.1) is 0 Å². The lowest BCUT2D eigenvalue weighted by Crippen LogP contribution is -2.44. The highest BCUT2D eigenvalue weighted by Crippen LogP contribution is 2.36. The number of rotatable bonds is 8. The number of carbonyl (C=O) groups is 1. The first-order valence-electron chi connectivity index (χ1n) is 10.8. The topological polar surface area (TPSA) is 59.8 Å². The highest BCUT2D eigenvalue weighted by molar-refractivity contribution is 14.1. The zero-order valence-electron chi connectivity index (χ0n) is 19.7. The number of thiocarbonyl (C=S) groups is 1. The van der Waals surface area contributed by atoms with Crippen molar-refractivity contribution in [3.8, 4) is 11.8 Å². The van der Waals surface area contributed by atoms with Crippen LogP contribution in [0.15, 0.2) is 36.4 Å². The predicted octanol–water partition coefficient (Wildman–Crippen LogP) is 4.71. The van der Waals surface area contributed by atoms with Crippen molar-refractivity contribution in [2.45, 2.75) is 39.3 Å². The summed E-state index contributed by atoms with van der Waals surface area (Å²) in [5.41, 5.74) is 2.69. The number of carbonyl (C=O) groups excluding carboxylic acids is 1. The third kappa shape index (κ3) is 5.31. The molecule has 0 radical (unpaired) electrons. The van der Waals surface area contributed by atoms with Crippen molar-refractivity contribution in [2.24, 2.45) is 0 Å². The molecule has 0 N–H and O–H groups in total. The van der Waals surface area contributed by atoms with Gasteiger partial charge in [-0.3, -0.25) is 9.69 Å². The van der Waals surface area contributed by atoms with Crippen LogP contribution in [-0.2, 0) is 11.3 Å². The molecule has 0 unspecified atom stereocenters. The first kappa shape index (κ1) is 25.4. The highest BCUT2D eigenvalue weighted by atomic mass is 127. The molecular weight excluding hydrogens is 547 g/mol. The van der Waals surface area contributed by atoms with Gasteiger partial charge >= 0.3 is 0 Å². The molecule has 6 nitrogen and oxygen atoms in total. The summed E-state index contributed by atoms with van der Waals surface area (Å²) in [6.45, 7) is 7.75. The number of benzene rings is 2. The Labute approximate surface area is 215 Å². The summed E-state index contributed by atoms with van der Waals surface area (Å²) in [6.07, 6.45) is 0.730. The molecule has 0 aromatic heterocycles. The van der Waals surface area contributed by atoms with E-state index in [1.807, 2.05) is 58.0 Å². The fourth-order valence-corrected chi connectivity index (χ4v) is 4.97. The van der Waals surface area contributed by atoms with Crippen molar-refractivity contribution in [1.82, 2.24) is 9.80 Å². The normalized spacial score (nSPS) is 15.3. The molecule has 1 aliphatic heterocycles. The smallest absolute Gasteiger partial charge is 0.258 e. The molecule has 1 heterocycles. The van der Waals surface area contributed by atoms with Gasteiger partial charge in [0.15, 0.2) is 5.11 Å².